The van der Waals surface area contributed by atoms with Crippen molar-refractivity contribution in [1.29, 1.82) is 0 Å². The van der Waals surface area contributed by atoms with Crippen molar-refractivity contribution in [3.8, 4) is 0 Å². The molecule has 0 bridgehead atoms. The highest BCUT2D eigenvalue weighted by atomic mass is 16.5. The Balaban J connectivity index is 1.95. The molecule has 0 atom stereocenters. The molecule has 0 radical (unpaired) electrons. The first-order chi connectivity index (χ1) is 11.9. The van der Waals surface area contributed by atoms with Crippen LogP contribution in [0.5, 0.6) is 0 Å². The molecule has 0 heterocycles. The maximum Gasteiger partial charge on any atom is 0.223 e. The second-order valence-corrected chi connectivity index (χ2v) is 7.85. The van der Waals surface area contributed by atoms with Gasteiger partial charge in [-0.3, -0.25) is 4.79 Å². The van der Waals surface area contributed by atoms with Crippen LogP contribution in [0.3, 0.4) is 0 Å². The number of nitrogens with one attached hydrogen (secondary N) is 1. The summed E-state index contributed by atoms with van der Waals surface area (Å²) in [6.07, 6.45) is 8.23. The summed E-state index contributed by atoms with van der Waals surface area (Å²) in [5.41, 5.74) is -0.269. The van der Waals surface area contributed by atoms with E-state index in [9.17, 15) is 10.0 Å². The molecule has 25 heavy (non-hydrogen) atoms. The predicted molar refractivity (Wildman–Crippen MR) is 98.7 cm³/mol. The SMILES string of the molecule is CC(C)(C)N(O)CCOCCOCCNC(=O)C1CCCCCCC1. The van der Waals surface area contributed by atoms with Gasteiger partial charge in [-0.05, 0) is 33.6 Å². The quantitative estimate of drug-likeness (QED) is 0.464. The summed E-state index contributed by atoms with van der Waals surface area (Å²) < 4.78 is 10.9. The molecule has 6 heteroatoms. The van der Waals surface area contributed by atoms with Gasteiger partial charge in [0.2, 0.25) is 5.91 Å². The molecule has 1 amide bonds. The van der Waals surface area contributed by atoms with E-state index in [4.69, 9.17) is 9.47 Å². The Morgan fingerprint density at radius 2 is 1.56 bits per heavy atom. The summed E-state index contributed by atoms with van der Waals surface area (Å²) in [6.45, 7) is 8.84. The summed E-state index contributed by atoms with van der Waals surface area (Å²) >= 11 is 0. The van der Waals surface area contributed by atoms with E-state index in [-0.39, 0.29) is 17.4 Å². The van der Waals surface area contributed by atoms with Gasteiger partial charge in [-0.1, -0.05) is 32.1 Å². The van der Waals surface area contributed by atoms with E-state index >= 15 is 0 Å². The minimum atomic E-state index is -0.269. The van der Waals surface area contributed by atoms with Gasteiger partial charge in [-0.2, -0.15) is 5.06 Å². The number of hydroxylamine groups is 2. The normalized spacial score (nSPS) is 17.3. The van der Waals surface area contributed by atoms with Gasteiger partial charge in [0.05, 0.1) is 26.4 Å². The first-order valence-corrected chi connectivity index (χ1v) is 9.81. The van der Waals surface area contributed by atoms with Crippen LogP contribution < -0.4 is 5.32 Å². The van der Waals surface area contributed by atoms with Crippen LogP contribution in [0.4, 0.5) is 0 Å². The summed E-state index contributed by atoms with van der Waals surface area (Å²) in [5, 5.41) is 14.0. The van der Waals surface area contributed by atoms with E-state index in [1.165, 1.54) is 37.2 Å². The molecule has 148 valence electrons. The second kappa shape index (κ2) is 12.6. The minimum absolute atomic E-state index is 0.187. The fraction of sp³-hybridized carbons (Fsp3) is 0.947. The van der Waals surface area contributed by atoms with Gasteiger partial charge in [0.15, 0.2) is 0 Å². The van der Waals surface area contributed by atoms with E-state index in [0.29, 0.717) is 39.5 Å². The van der Waals surface area contributed by atoms with Gasteiger partial charge >= 0.3 is 0 Å². The van der Waals surface area contributed by atoms with Gasteiger partial charge < -0.3 is 20.0 Å². The Hall–Kier alpha value is -0.690. The van der Waals surface area contributed by atoms with Crippen LogP contribution in [0.15, 0.2) is 0 Å². The monoisotopic (exact) mass is 358 g/mol. The van der Waals surface area contributed by atoms with Crippen LogP contribution in [-0.2, 0) is 14.3 Å². The average molecular weight is 359 g/mol. The third-order valence-corrected chi connectivity index (χ3v) is 4.62. The maximum atomic E-state index is 12.2. The van der Waals surface area contributed by atoms with Crippen molar-refractivity contribution in [1.82, 2.24) is 10.4 Å². The molecular weight excluding hydrogens is 320 g/mol. The van der Waals surface area contributed by atoms with Gasteiger partial charge in [0.25, 0.3) is 0 Å². The van der Waals surface area contributed by atoms with Gasteiger partial charge in [0.1, 0.15) is 0 Å². The third-order valence-electron chi connectivity index (χ3n) is 4.62. The molecule has 2 N–H and O–H groups in total. The number of hydrogen-bond acceptors (Lipinski definition) is 5. The van der Waals surface area contributed by atoms with E-state index in [2.05, 4.69) is 5.32 Å². The first-order valence-electron chi connectivity index (χ1n) is 9.81. The largest absolute Gasteiger partial charge is 0.378 e. The lowest BCUT2D eigenvalue weighted by molar-refractivity contribution is -0.164. The fourth-order valence-corrected chi connectivity index (χ4v) is 2.92. The molecule has 0 saturated heterocycles. The van der Waals surface area contributed by atoms with Crippen LogP contribution in [0.25, 0.3) is 0 Å². The van der Waals surface area contributed by atoms with Crippen molar-refractivity contribution in [2.24, 2.45) is 5.92 Å². The lowest BCUT2D eigenvalue weighted by atomic mass is 9.90. The lowest BCUT2D eigenvalue weighted by Gasteiger charge is -2.29. The second-order valence-electron chi connectivity index (χ2n) is 7.85. The fourth-order valence-electron chi connectivity index (χ4n) is 2.92. The molecule has 0 unspecified atom stereocenters. The Morgan fingerprint density at radius 1 is 1.00 bits per heavy atom. The lowest BCUT2D eigenvalue weighted by Crippen LogP contribution is -2.40. The molecular formula is C19H38N2O4. The molecule has 6 nitrogen and oxygen atoms in total. The number of carbonyl (C=O) groups excluding carboxylic acids is 1. The summed E-state index contributed by atoms with van der Waals surface area (Å²) in [7, 11) is 0. The smallest absolute Gasteiger partial charge is 0.223 e. The molecule has 1 saturated carbocycles. The summed E-state index contributed by atoms with van der Waals surface area (Å²) in [5.74, 6) is 0.375. The number of rotatable bonds is 10. The number of carbonyl (C=O) groups is 1. The van der Waals surface area contributed by atoms with Crippen LogP contribution >= 0.6 is 0 Å². The molecule has 1 fully saturated rings. The number of nitrogens with zero attached hydrogens (tertiary/aromatic N) is 1. The molecule has 0 aromatic rings. The Labute approximate surface area is 153 Å². The van der Waals surface area contributed by atoms with E-state index < -0.39 is 0 Å². The van der Waals surface area contributed by atoms with Crippen molar-refractivity contribution < 1.29 is 19.5 Å². The van der Waals surface area contributed by atoms with E-state index in [0.717, 1.165) is 12.8 Å². The Kier molecular flexibility index (Phi) is 11.3. The Bertz CT molecular complexity index is 350. The molecule has 0 aromatic carbocycles. The standard InChI is InChI=1S/C19H38N2O4/c1-19(2,3)21(23)12-14-25-16-15-24-13-11-20-18(22)17-9-7-5-4-6-8-10-17/h17,23H,4-16H2,1-3H3,(H,20,22). The molecule has 0 spiro atoms. The highest BCUT2D eigenvalue weighted by Crippen LogP contribution is 2.22. The van der Waals surface area contributed by atoms with Crippen LogP contribution in [0.2, 0.25) is 0 Å². The first kappa shape index (κ1) is 22.4. The van der Waals surface area contributed by atoms with Gasteiger partial charge in [-0.15, -0.1) is 0 Å². The highest BCUT2D eigenvalue weighted by Gasteiger charge is 2.19. The van der Waals surface area contributed by atoms with Crippen molar-refractivity contribution in [2.75, 3.05) is 39.5 Å². The van der Waals surface area contributed by atoms with Gasteiger partial charge in [0, 0.05) is 24.5 Å². The zero-order valence-corrected chi connectivity index (χ0v) is 16.4. The molecule has 1 aliphatic carbocycles. The van der Waals surface area contributed by atoms with Crippen molar-refractivity contribution in [3.63, 3.8) is 0 Å². The number of hydrogen-bond donors (Lipinski definition) is 2. The topological polar surface area (TPSA) is 71.0 Å². The molecule has 0 aliphatic heterocycles. The van der Waals surface area contributed by atoms with Crippen molar-refractivity contribution >= 4 is 5.91 Å². The van der Waals surface area contributed by atoms with E-state index in [1.54, 1.807) is 0 Å². The van der Waals surface area contributed by atoms with Crippen LogP contribution in [-0.4, -0.2) is 61.2 Å². The summed E-state index contributed by atoms with van der Waals surface area (Å²) in [4.78, 5) is 12.2. The average Bonchev–Trinajstić information content (AvgIpc) is 2.51. The van der Waals surface area contributed by atoms with Crippen molar-refractivity contribution in [2.45, 2.75) is 71.3 Å². The molecule has 0 aromatic heterocycles. The third kappa shape index (κ3) is 10.8. The highest BCUT2D eigenvalue weighted by molar-refractivity contribution is 5.78. The van der Waals surface area contributed by atoms with Crippen molar-refractivity contribution in [3.05, 3.63) is 0 Å². The number of amides is 1. The zero-order chi connectivity index (χ0) is 18.5. The Morgan fingerprint density at radius 3 is 2.16 bits per heavy atom. The zero-order valence-electron chi connectivity index (χ0n) is 16.4. The van der Waals surface area contributed by atoms with E-state index in [1.807, 2.05) is 20.8 Å². The van der Waals surface area contributed by atoms with Crippen LogP contribution in [0.1, 0.15) is 65.7 Å². The number of ether oxygens (including phenoxy) is 2. The predicted octanol–water partition coefficient (Wildman–Crippen LogP) is 2.99. The van der Waals surface area contributed by atoms with Gasteiger partial charge in [-0.25, -0.2) is 0 Å². The molecule has 1 aliphatic rings. The molecule has 1 rings (SSSR count). The minimum Gasteiger partial charge on any atom is -0.378 e. The van der Waals surface area contributed by atoms with Crippen LogP contribution in [0, 0.1) is 5.92 Å². The maximum absolute atomic E-state index is 12.2. The summed E-state index contributed by atoms with van der Waals surface area (Å²) in [6, 6.07) is 0.